The van der Waals surface area contributed by atoms with Crippen molar-refractivity contribution in [3.05, 3.63) is 27.4 Å². The number of aliphatic hydroxyl groups is 1. The van der Waals surface area contributed by atoms with E-state index in [2.05, 4.69) is 4.98 Å². The van der Waals surface area contributed by atoms with E-state index in [0.29, 0.717) is 24.6 Å². The third-order valence-corrected chi connectivity index (χ3v) is 5.27. The Morgan fingerprint density at radius 2 is 2.48 bits per heavy atom. The van der Waals surface area contributed by atoms with Crippen LogP contribution in [0.4, 0.5) is 0 Å². The lowest BCUT2D eigenvalue weighted by Crippen LogP contribution is -2.46. The predicted octanol–water partition coefficient (Wildman–Crippen LogP) is 2.01. The molecular formula is C14H16N2O3S2. The van der Waals surface area contributed by atoms with E-state index in [1.807, 2.05) is 23.8 Å². The summed E-state index contributed by atoms with van der Waals surface area (Å²) >= 11 is 3.05. The van der Waals surface area contributed by atoms with Gasteiger partial charge in [-0.1, -0.05) is 0 Å². The average molecular weight is 324 g/mol. The van der Waals surface area contributed by atoms with Crippen LogP contribution in [0.2, 0.25) is 0 Å². The quantitative estimate of drug-likeness (QED) is 0.938. The molecule has 1 saturated heterocycles. The normalized spacial score (nSPS) is 19.0. The number of carbonyl (C=O) groups excluding carboxylic acids is 1. The lowest BCUT2D eigenvalue weighted by molar-refractivity contribution is -0.0446. The van der Waals surface area contributed by atoms with Crippen LogP contribution in [-0.2, 0) is 4.74 Å². The van der Waals surface area contributed by atoms with Crippen molar-refractivity contribution in [1.29, 1.82) is 0 Å². The van der Waals surface area contributed by atoms with Crippen molar-refractivity contribution in [1.82, 2.24) is 9.88 Å². The molecule has 21 heavy (non-hydrogen) atoms. The van der Waals surface area contributed by atoms with Gasteiger partial charge in [-0.3, -0.25) is 4.79 Å². The Bertz CT molecular complexity index is 624. The summed E-state index contributed by atoms with van der Waals surface area (Å²) in [6.45, 7) is 3.25. The molecule has 0 bridgehead atoms. The first-order chi connectivity index (χ1) is 10.2. The van der Waals surface area contributed by atoms with Crippen LogP contribution in [0.1, 0.15) is 15.4 Å². The molecule has 1 atom stereocenters. The van der Waals surface area contributed by atoms with Gasteiger partial charge in [-0.15, -0.1) is 11.3 Å². The van der Waals surface area contributed by atoms with Gasteiger partial charge in [-0.05, 0) is 18.4 Å². The second-order valence-electron chi connectivity index (χ2n) is 4.87. The maximum absolute atomic E-state index is 12.6. The Kier molecular flexibility index (Phi) is 4.34. The van der Waals surface area contributed by atoms with Crippen molar-refractivity contribution in [3.8, 4) is 10.6 Å². The number of aliphatic hydroxyl groups excluding tert-OH is 1. The number of amides is 1. The molecule has 1 aliphatic heterocycles. The van der Waals surface area contributed by atoms with Crippen LogP contribution in [0.15, 0.2) is 16.8 Å². The zero-order chi connectivity index (χ0) is 14.8. The first kappa shape index (κ1) is 14.6. The molecule has 3 rings (SSSR count). The molecule has 1 unspecified atom stereocenters. The molecule has 2 aromatic heterocycles. The maximum atomic E-state index is 12.6. The van der Waals surface area contributed by atoms with E-state index in [9.17, 15) is 9.90 Å². The predicted molar refractivity (Wildman–Crippen MR) is 82.9 cm³/mol. The standard InChI is InChI=1S/C14H16N2O3S2/c1-9-12(21-13(15-9)10-2-5-20-8-10)14(18)16-3-4-19-11(6-16)7-17/h2,5,8,11,17H,3-4,6-7H2,1H3. The fourth-order valence-corrected chi connectivity index (χ4v) is 4.01. The lowest BCUT2D eigenvalue weighted by Gasteiger charge is -2.31. The molecule has 1 N–H and O–H groups in total. The monoisotopic (exact) mass is 324 g/mol. The summed E-state index contributed by atoms with van der Waals surface area (Å²) in [6.07, 6.45) is -0.285. The van der Waals surface area contributed by atoms with E-state index in [4.69, 9.17) is 4.74 Å². The van der Waals surface area contributed by atoms with Gasteiger partial charge in [0.2, 0.25) is 0 Å². The number of morpholine rings is 1. The van der Waals surface area contributed by atoms with Crippen molar-refractivity contribution < 1.29 is 14.6 Å². The lowest BCUT2D eigenvalue weighted by atomic mass is 10.2. The minimum absolute atomic E-state index is 0.0202. The van der Waals surface area contributed by atoms with E-state index in [1.54, 1.807) is 16.2 Å². The second-order valence-corrected chi connectivity index (χ2v) is 6.65. The van der Waals surface area contributed by atoms with E-state index >= 15 is 0 Å². The SMILES string of the molecule is Cc1nc(-c2ccsc2)sc1C(=O)N1CCOC(CO)C1. The number of thiazole rings is 1. The fraction of sp³-hybridized carbons (Fsp3) is 0.429. The molecule has 1 amide bonds. The van der Waals surface area contributed by atoms with Crippen LogP contribution >= 0.6 is 22.7 Å². The molecule has 0 aromatic carbocycles. The highest BCUT2D eigenvalue weighted by molar-refractivity contribution is 7.17. The minimum atomic E-state index is -0.285. The van der Waals surface area contributed by atoms with Crippen LogP contribution in [0.25, 0.3) is 10.6 Å². The van der Waals surface area contributed by atoms with Gasteiger partial charge >= 0.3 is 0 Å². The molecule has 1 aliphatic rings. The molecule has 1 fully saturated rings. The molecule has 112 valence electrons. The Balaban J connectivity index is 1.81. The van der Waals surface area contributed by atoms with Crippen molar-refractivity contribution in [3.63, 3.8) is 0 Å². The molecule has 3 heterocycles. The maximum Gasteiger partial charge on any atom is 0.266 e. The number of ether oxygens (including phenoxy) is 1. The molecule has 2 aromatic rings. The van der Waals surface area contributed by atoms with Gasteiger partial charge in [-0.25, -0.2) is 4.98 Å². The summed E-state index contributed by atoms with van der Waals surface area (Å²) in [5, 5.41) is 14.1. The summed E-state index contributed by atoms with van der Waals surface area (Å²) < 4.78 is 5.38. The number of carbonyl (C=O) groups is 1. The number of nitrogens with zero attached hydrogens (tertiary/aromatic N) is 2. The largest absolute Gasteiger partial charge is 0.394 e. The molecule has 0 saturated carbocycles. The van der Waals surface area contributed by atoms with Gasteiger partial charge in [0.25, 0.3) is 5.91 Å². The first-order valence-corrected chi connectivity index (χ1v) is 8.46. The second kappa shape index (κ2) is 6.23. The van der Waals surface area contributed by atoms with E-state index in [-0.39, 0.29) is 18.6 Å². The average Bonchev–Trinajstić information content (AvgIpc) is 3.16. The highest BCUT2D eigenvalue weighted by Gasteiger charge is 2.27. The Hall–Kier alpha value is -1.28. The number of aryl methyl sites for hydroxylation is 1. The summed E-state index contributed by atoms with van der Waals surface area (Å²) in [5.74, 6) is -0.0202. The minimum Gasteiger partial charge on any atom is -0.394 e. The van der Waals surface area contributed by atoms with E-state index in [1.165, 1.54) is 11.3 Å². The van der Waals surface area contributed by atoms with Crippen LogP contribution < -0.4 is 0 Å². The Morgan fingerprint density at radius 1 is 1.62 bits per heavy atom. The zero-order valence-electron chi connectivity index (χ0n) is 11.6. The van der Waals surface area contributed by atoms with Crippen molar-refractivity contribution in [2.45, 2.75) is 13.0 Å². The molecule has 0 spiro atoms. The van der Waals surface area contributed by atoms with E-state index in [0.717, 1.165) is 16.3 Å². The zero-order valence-corrected chi connectivity index (χ0v) is 13.2. The molecule has 0 aliphatic carbocycles. The smallest absolute Gasteiger partial charge is 0.266 e. The summed E-state index contributed by atoms with van der Waals surface area (Å²) in [7, 11) is 0. The van der Waals surface area contributed by atoms with Crippen LogP contribution in [0.5, 0.6) is 0 Å². The van der Waals surface area contributed by atoms with Gasteiger partial charge in [0.05, 0.1) is 25.0 Å². The number of hydrogen-bond donors (Lipinski definition) is 1. The van der Waals surface area contributed by atoms with Gasteiger partial charge in [0.15, 0.2) is 0 Å². The van der Waals surface area contributed by atoms with Gasteiger partial charge in [0.1, 0.15) is 9.88 Å². The van der Waals surface area contributed by atoms with Crippen LogP contribution in [0, 0.1) is 6.92 Å². The Labute approximate surface area is 130 Å². The first-order valence-electron chi connectivity index (χ1n) is 6.70. The summed E-state index contributed by atoms with van der Waals surface area (Å²) in [4.78, 5) is 19.5. The third kappa shape index (κ3) is 3.01. The van der Waals surface area contributed by atoms with Gasteiger partial charge in [0, 0.05) is 24.0 Å². The molecule has 5 nitrogen and oxygen atoms in total. The number of rotatable bonds is 3. The highest BCUT2D eigenvalue weighted by Crippen LogP contribution is 2.30. The van der Waals surface area contributed by atoms with Gasteiger partial charge in [-0.2, -0.15) is 11.3 Å². The third-order valence-electron chi connectivity index (χ3n) is 3.39. The molecule has 0 radical (unpaired) electrons. The van der Waals surface area contributed by atoms with Crippen molar-refractivity contribution in [2.75, 3.05) is 26.3 Å². The molecular weight excluding hydrogens is 308 g/mol. The van der Waals surface area contributed by atoms with Crippen molar-refractivity contribution in [2.24, 2.45) is 0 Å². The number of hydrogen-bond acceptors (Lipinski definition) is 6. The molecule has 7 heteroatoms. The number of aromatic nitrogens is 1. The number of thiophene rings is 1. The van der Waals surface area contributed by atoms with Crippen LogP contribution in [0.3, 0.4) is 0 Å². The van der Waals surface area contributed by atoms with Gasteiger partial charge < -0.3 is 14.7 Å². The highest BCUT2D eigenvalue weighted by atomic mass is 32.1. The summed E-state index contributed by atoms with van der Waals surface area (Å²) in [6, 6.07) is 2.01. The van der Waals surface area contributed by atoms with E-state index < -0.39 is 0 Å². The Morgan fingerprint density at radius 3 is 3.19 bits per heavy atom. The van der Waals surface area contributed by atoms with Crippen LogP contribution in [-0.4, -0.2) is 53.3 Å². The van der Waals surface area contributed by atoms with Crippen molar-refractivity contribution >= 4 is 28.6 Å². The topological polar surface area (TPSA) is 62.7 Å². The fourth-order valence-electron chi connectivity index (χ4n) is 2.26. The summed E-state index contributed by atoms with van der Waals surface area (Å²) in [5.41, 5.74) is 1.82.